The molecular formula is C6H12O6. The highest BCUT2D eigenvalue weighted by atomic mass is 16.7. The normalized spacial score (nSPS) is 47.5. The number of hydrogen-bond donors (Lipinski definition) is 5. The van der Waals surface area contributed by atoms with E-state index in [4.69, 9.17) is 20.4 Å². The zero-order valence-corrected chi connectivity index (χ0v) is 6.51. The van der Waals surface area contributed by atoms with Crippen LogP contribution in [0.3, 0.4) is 0 Å². The summed E-state index contributed by atoms with van der Waals surface area (Å²) in [5, 5.41) is 45.4. The first kappa shape index (κ1) is 9.85. The quantitative estimate of drug-likeness (QED) is 0.256. The maximum atomic E-state index is 9.20. The van der Waals surface area contributed by atoms with Gasteiger partial charge in [-0.1, -0.05) is 0 Å². The lowest BCUT2D eigenvalue weighted by molar-refractivity contribution is -0.425. The summed E-state index contributed by atoms with van der Waals surface area (Å²) >= 11 is 0. The Bertz CT molecular complexity index is 177. The minimum atomic E-state index is -2.86. The highest BCUT2D eigenvalue weighted by Crippen LogP contribution is 2.30. The minimum absolute atomic E-state index is 0.350. The van der Waals surface area contributed by atoms with Crippen LogP contribution in [0.5, 0.6) is 0 Å². The molecule has 1 aliphatic heterocycles. The molecule has 0 bridgehead atoms. The van der Waals surface area contributed by atoms with Crippen LogP contribution in [0.25, 0.3) is 0 Å². The maximum absolute atomic E-state index is 9.20. The summed E-state index contributed by atoms with van der Waals surface area (Å²) in [6.07, 6.45) is -3.26. The van der Waals surface area contributed by atoms with Gasteiger partial charge < -0.3 is 30.3 Å². The molecule has 0 aromatic heterocycles. The molecule has 0 amide bonds. The van der Waals surface area contributed by atoms with Gasteiger partial charge in [0.05, 0.1) is 6.61 Å². The van der Waals surface area contributed by atoms with Gasteiger partial charge >= 0.3 is 0 Å². The van der Waals surface area contributed by atoms with Crippen molar-refractivity contribution in [2.75, 3.05) is 6.61 Å². The van der Waals surface area contributed by atoms with E-state index in [-0.39, 0.29) is 6.61 Å². The zero-order chi connectivity index (χ0) is 9.57. The summed E-state index contributed by atoms with van der Waals surface area (Å²) < 4.78 is 4.51. The lowest BCUT2D eigenvalue weighted by Crippen LogP contribution is -2.68. The molecule has 1 heterocycles. The van der Waals surface area contributed by atoms with E-state index < -0.39 is 23.8 Å². The highest BCUT2D eigenvalue weighted by Gasteiger charge is 2.57. The van der Waals surface area contributed by atoms with Crippen LogP contribution in [0, 0.1) is 0 Å². The van der Waals surface area contributed by atoms with Gasteiger partial charge in [0.1, 0.15) is 12.2 Å². The number of rotatable bonds is 0. The second-order valence-corrected chi connectivity index (χ2v) is 3.03. The van der Waals surface area contributed by atoms with Crippen LogP contribution in [0.4, 0.5) is 0 Å². The molecule has 0 saturated carbocycles. The molecule has 0 aliphatic carbocycles. The van der Waals surface area contributed by atoms with Crippen molar-refractivity contribution in [3.63, 3.8) is 0 Å². The van der Waals surface area contributed by atoms with Gasteiger partial charge in [0.15, 0.2) is 0 Å². The topological polar surface area (TPSA) is 110 Å². The van der Waals surface area contributed by atoms with Crippen LogP contribution >= 0.6 is 0 Å². The molecule has 0 aromatic carbocycles. The molecule has 3 atom stereocenters. The molecule has 0 spiro atoms. The van der Waals surface area contributed by atoms with Crippen molar-refractivity contribution in [2.45, 2.75) is 30.7 Å². The monoisotopic (exact) mass is 180 g/mol. The van der Waals surface area contributed by atoms with Crippen LogP contribution in [0.1, 0.15) is 6.92 Å². The smallest absolute Gasteiger partial charge is 0.247 e. The summed E-state index contributed by atoms with van der Waals surface area (Å²) in [6, 6.07) is 0. The van der Waals surface area contributed by atoms with E-state index in [0.29, 0.717) is 0 Å². The Hall–Kier alpha value is -0.240. The van der Waals surface area contributed by atoms with Crippen LogP contribution < -0.4 is 0 Å². The molecule has 1 fully saturated rings. The Morgan fingerprint density at radius 1 is 1.25 bits per heavy atom. The van der Waals surface area contributed by atoms with E-state index in [1.165, 1.54) is 0 Å². The van der Waals surface area contributed by atoms with Crippen LogP contribution in [0.15, 0.2) is 0 Å². The van der Waals surface area contributed by atoms with E-state index in [1.807, 2.05) is 0 Å². The first-order chi connectivity index (χ1) is 5.29. The number of aliphatic hydroxyl groups excluding tert-OH is 2. The zero-order valence-electron chi connectivity index (χ0n) is 6.51. The van der Waals surface area contributed by atoms with Crippen LogP contribution in [0.2, 0.25) is 0 Å². The molecule has 0 unspecified atom stereocenters. The van der Waals surface area contributed by atoms with Gasteiger partial charge in [-0.3, -0.25) is 0 Å². The minimum Gasteiger partial charge on any atom is -0.388 e. The molecule has 6 nitrogen and oxygen atoms in total. The second-order valence-electron chi connectivity index (χ2n) is 3.03. The lowest BCUT2D eigenvalue weighted by Gasteiger charge is -2.45. The summed E-state index contributed by atoms with van der Waals surface area (Å²) in [5.41, 5.74) is 0. The second kappa shape index (κ2) is 2.63. The average molecular weight is 180 g/mol. The number of hydrogen-bond acceptors (Lipinski definition) is 6. The van der Waals surface area contributed by atoms with Gasteiger partial charge in [-0.2, -0.15) is 0 Å². The fraction of sp³-hybridized carbons (Fsp3) is 1.00. The highest BCUT2D eigenvalue weighted by molar-refractivity contribution is 4.94. The standard InChI is InChI=1S/C6H12O6/c1-5(9)6(10,11)4(8)3(7)2-12-5/h3-4,7-11H,2H2,1H3/t3-,4-,5+/m1/s1. The summed E-state index contributed by atoms with van der Waals surface area (Å²) in [4.78, 5) is 0. The Kier molecular flexibility index (Phi) is 2.15. The Balaban J connectivity index is 2.88. The third kappa shape index (κ3) is 1.22. The summed E-state index contributed by atoms with van der Waals surface area (Å²) in [6.45, 7) is 0.638. The van der Waals surface area contributed by atoms with Crippen LogP contribution in [-0.4, -0.2) is 55.9 Å². The van der Waals surface area contributed by atoms with E-state index in [2.05, 4.69) is 4.74 Å². The molecule has 1 aliphatic rings. The van der Waals surface area contributed by atoms with Gasteiger partial charge in [-0.15, -0.1) is 0 Å². The lowest BCUT2D eigenvalue weighted by atomic mass is 9.94. The van der Waals surface area contributed by atoms with Crippen molar-refractivity contribution < 1.29 is 30.3 Å². The molecular weight excluding hydrogens is 168 g/mol. The number of aliphatic hydroxyl groups is 5. The molecule has 0 radical (unpaired) electrons. The molecule has 0 aromatic rings. The van der Waals surface area contributed by atoms with Gasteiger partial charge in [-0.05, 0) is 6.92 Å². The Labute approximate surface area is 68.6 Å². The van der Waals surface area contributed by atoms with Gasteiger partial charge in [0.25, 0.3) is 0 Å². The van der Waals surface area contributed by atoms with Gasteiger partial charge in [0, 0.05) is 0 Å². The fourth-order valence-electron chi connectivity index (χ4n) is 0.988. The van der Waals surface area contributed by atoms with Crippen molar-refractivity contribution in [3.05, 3.63) is 0 Å². The van der Waals surface area contributed by atoms with Crippen molar-refractivity contribution >= 4 is 0 Å². The third-order valence-corrected chi connectivity index (χ3v) is 1.99. The Morgan fingerprint density at radius 2 is 1.75 bits per heavy atom. The first-order valence-corrected chi connectivity index (χ1v) is 3.46. The molecule has 1 saturated heterocycles. The van der Waals surface area contributed by atoms with E-state index in [0.717, 1.165) is 6.92 Å². The van der Waals surface area contributed by atoms with Gasteiger partial charge in [0.2, 0.25) is 11.6 Å². The van der Waals surface area contributed by atoms with E-state index in [9.17, 15) is 5.11 Å². The van der Waals surface area contributed by atoms with E-state index >= 15 is 0 Å². The summed E-state index contributed by atoms with van der Waals surface area (Å²) in [5.74, 6) is -5.13. The number of ether oxygens (including phenoxy) is 1. The average Bonchev–Trinajstić information content (AvgIpc) is 1.96. The van der Waals surface area contributed by atoms with Crippen LogP contribution in [-0.2, 0) is 4.74 Å². The maximum Gasteiger partial charge on any atom is 0.247 e. The Morgan fingerprint density at radius 3 is 2.17 bits per heavy atom. The third-order valence-electron chi connectivity index (χ3n) is 1.99. The fourth-order valence-corrected chi connectivity index (χ4v) is 0.988. The predicted octanol–water partition coefficient (Wildman–Crippen LogP) is -2.87. The molecule has 72 valence electrons. The van der Waals surface area contributed by atoms with Gasteiger partial charge in [-0.25, -0.2) is 0 Å². The first-order valence-electron chi connectivity index (χ1n) is 3.46. The van der Waals surface area contributed by atoms with Crippen molar-refractivity contribution in [3.8, 4) is 0 Å². The molecule has 6 heteroatoms. The molecule has 5 N–H and O–H groups in total. The largest absolute Gasteiger partial charge is 0.388 e. The van der Waals surface area contributed by atoms with Crippen molar-refractivity contribution in [2.24, 2.45) is 0 Å². The summed E-state index contributed by atoms with van der Waals surface area (Å²) in [7, 11) is 0. The predicted molar refractivity (Wildman–Crippen MR) is 35.8 cm³/mol. The van der Waals surface area contributed by atoms with Crippen molar-refractivity contribution in [1.82, 2.24) is 0 Å². The molecule has 12 heavy (non-hydrogen) atoms. The molecule has 1 rings (SSSR count). The SMILES string of the molecule is C[C@]1(O)OC[C@@H](O)[C@@H](O)C1(O)O. The van der Waals surface area contributed by atoms with E-state index in [1.54, 1.807) is 0 Å². The van der Waals surface area contributed by atoms with Crippen molar-refractivity contribution in [1.29, 1.82) is 0 Å².